The van der Waals surface area contributed by atoms with Crippen molar-refractivity contribution in [3.8, 4) is 0 Å². The average Bonchev–Trinajstić information content (AvgIpc) is 2.53. The molecule has 1 N–H and O–H groups in total. The average molecular weight is 290 g/mol. The van der Waals surface area contributed by atoms with Crippen LogP contribution in [0.5, 0.6) is 0 Å². The number of nitrogens with zero attached hydrogens (tertiary/aromatic N) is 3. The van der Waals surface area contributed by atoms with Gasteiger partial charge in [0.05, 0.1) is 0 Å². The summed E-state index contributed by atoms with van der Waals surface area (Å²) in [6, 6.07) is 2.88. The zero-order valence-corrected chi connectivity index (χ0v) is 14.0. The summed E-state index contributed by atoms with van der Waals surface area (Å²) in [6.07, 6.45) is 4.55. The lowest BCUT2D eigenvalue weighted by atomic mass is 10.0. The van der Waals surface area contributed by atoms with Gasteiger partial charge in [-0.1, -0.05) is 13.8 Å². The van der Waals surface area contributed by atoms with Crippen LogP contribution in [-0.2, 0) is 6.54 Å². The molecule has 4 heteroatoms. The first-order valence-electron chi connectivity index (χ1n) is 8.27. The van der Waals surface area contributed by atoms with Crippen molar-refractivity contribution in [2.75, 3.05) is 38.1 Å². The maximum Gasteiger partial charge on any atom is 0.0445 e. The molecule has 1 fully saturated rings. The van der Waals surface area contributed by atoms with Crippen LogP contribution in [0.4, 0.5) is 5.69 Å². The molecule has 1 aromatic rings. The highest BCUT2D eigenvalue weighted by Gasteiger charge is 2.23. The minimum atomic E-state index is 0.648. The van der Waals surface area contributed by atoms with Gasteiger partial charge in [-0.25, -0.2) is 0 Å². The highest BCUT2D eigenvalue weighted by molar-refractivity contribution is 5.54. The van der Waals surface area contributed by atoms with Crippen LogP contribution in [0.25, 0.3) is 0 Å². The van der Waals surface area contributed by atoms with Crippen LogP contribution in [0, 0.1) is 6.92 Å². The lowest BCUT2D eigenvalue weighted by molar-refractivity contribution is 0.220. The van der Waals surface area contributed by atoms with E-state index in [1.165, 1.54) is 43.7 Å². The van der Waals surface area contributed by atoms with Crippen LogP contribution in [0.2, 0.25) is 0 Å². The van der Waals surface area contributed by atoms with Crippen molar-refractivity contribution in [1.29, 1.82) is 0 Å². The molecule has 1 aromatic heterocycles. The fourth-order valence-electron chi connectivity index (χ4n) is 3.12. The lowest BCUT2D eigenvalue weighted by Gasteiger charge is -2.38. The van der Waals surface area contributed by atoms with Gasteiger partial charge in [0, 0.05) is 55.9 Å². The molecule has 1 saturated heterocycles. The molecule has 1 aliphatic heterocycles. The monoisotopic (exact) mass is 290 g/mol. The van der Waals surface area contributed by atoms with Crippen LogP contribution in [0.3, 0.4) is 0 Å². The van der Waals surface area contributed by atoms with Crippen LogP contribution >= 0.6 is 0 Å². The maximum atomic E-state index is 4.47. The van der Waals surface area contributed by atoms with Gasteiger partial charge in [0.15, 0.2) is 0 Å². The zero-order valence-electron chi connectivity index (χ0n) is 14.0. The fourth-order valence-corrected chi connectivity index (χ4v) is 3.12. The van der Waals surface area contributed by atoms with Gasteiger partial charge >= 0.3 is 0 Å². The quantitative estimate of drug-likeness (QED) is 0.872. The van der Waals surface area contributed by atoms with Crippen LogP contribution in [-0.4, -0.2) is 49.2 Å². The molecule has 2 rings (SSSR count). The molecular formula is C17H30N4. The highest BCUT2D eigenvalue weighted by atomic mass is 15.2. The van der Waals surface area contributed by atoms with Crippen molar-refractivity contribution in [3.05, 3.63) is 23.5 Å². The zero-order chi connectivity index (χ0) is 15.2. The smallest absolute Gasteiger partial charge is 0.0445 e. The van der Waals surface area contributed by atoms with Gasteiger partial charge < -0.3 is 15.1 Å². The highest BCUT2D eigenvalue weighted by Crippen LogP contribution is 2.26. The number of piperidine rings is 1. The first kappa shape index (κ1) is 16.2. The largest absolute Gasteiger partial charge is 0.371 e. The summed E-state index contributed by atoms with van der Waals surface area (Å²) in [5.41, 5.74) is 3.75. The Morgan fingerprint density at radius 1 is 1.33 bits per heavy atom. The molecule has 2 heterocycles. The summed E-state index contributed by atoms with van der Waals surface area (Å²) in [5.74, 6) is 0. The van der Waals surface area contributed by atoms with E-state index in [1.807, 2.05) is 6.20 Å². The molecule has 21 heavy (non-hydrogen) atoms. The molecule has 0 unspecified atom stereocenters. The van der Waals surface area contributed by atoms with Gasteiger partial charge in [-0.3, -0.25) is 4.98 Å². The van der Waals surface area contributed by atoms with Gasteiger partial charge in [-0.2, -0.15) is 0 Å². The standard InChI is InChI=1S/C17H30N4/c1-5-18-12-15-13-19-14(3)11-17(15)20(4)16-7-9-21(6-2)10-8-16/h11,13,16,18H,5-10,12H2,1-4H3. The third-order valence-electron chi connectivity index (χ3n) is 4.60. The molecule has 0 atom stereocenters. The minimum absolute atomic E-state index is 0.648. The molecule has 0 aliphatic carbocycles. The summed E-state index contributed by atoms with van der Waals surface area (Å²) in [7, 11) is 2.25. The van der Waals surface area contributed by atoms with Crippen molar-refractivity contribution < 1.29 is 0 Å². The van der Waals surface area contributed by atoms with Gasteiger partial charge in [0.1, 0.15) is 0 Å². The maximum absolute atomic E-state index is 4.47. The molecule has 118 valence electrons. The number of anilines is 1. The molecule has 0 saturated carbocycles. The van der Waals surface area contributed by atoms with E-state index >= 15 is 0 Å². The Balaban J connectivity index is 2.10. The normalized spacial score (nSPS) is 17.1. The Bertz CT molecular complexity index is 438. The Kier molecular flexibility index (Phi) is 6.00. The first-order valence-corrected chi connectivity index (χ1v) is 8.27. The van der Waals surface area contributed by atoms with Crippen molar-refractivity contribution in [1.82, 2.24) is 15.2 Å². The van der Waals surface area contributed by atoms with Crippen LogP contribution < -0.4 is 10.2 Å². The molecule has 0 radical (unpaired) electrons. The van der Waals surface area contributed by atoms with E-state index in [4.69, 9.17) is 0 Å². The summed E-state index contributed by atoms with van der Waals surface area (Å²) in [6.45, 7) is 12.0. The van der Waals surface area contributed by atoms with E-state index in [-0.39, 0.29) is 0 Å². The van der Waals surface area contributed by atoms with Crippen LogP contribution in [0.1, 0.15) is 37.9 Å². The molecule has 4 nitrogen and oxygen atoms in total. The fraction of sp³-hybridized carbons (Fsp3) is 0.706. The number of nitrogens with one attached hydrogen (secondary N) is 1. The van der Waals surface area contributed by atoms with E-state index in [0.717, 1.165) is 18.8 Å². The molecule has 0 bridgehead atoms. The predicted octanol–water partition coefficient (Wildman–Crippen LogP) is 2.42. The molecule has 0 aromatic carbocycles. The molecular weight excluding hydrogens is 260 g/mol. The number of pyridine rings is 1. The van der Waals surface area contributed by atoms with Gasteiger partial charge in [-0.15, -0.1) is 0 Å². The van der Waals surface area contributed by atoms with E-state index in [0.29, 0.717) is 6.04 Å². The van der Waals surface area contributed by atoms with Gasteiger partial charge in [0.25, 0.3) is 0 Å². The number of rotatable bonds is 6. The Morgan fingerprint density at radius 2 is 2.05 bits per heavy atom. The summed E-state index contributed by atoms with van der Waals surface area (Å²) in [5, 5.41) is 3.42. The van der Waals surface area contributed by atoms with E-state index < -0.39 is 0 Å². The number of aromatic nitrogens is 1. The van der Waals surface area contributed by atoms with E-state index in [2.05, 4.69) is 54.0 Å². The second kappa shape index (κ2) is 7.76. The second-order valence-electron chi connectivity index (χ2n) is 6.01. The van der Waals surface area contributed by atoms with Crippen molar-refractivity contribution in [2.24, 2.45) is 0 Å². The Labute approximate surface area is 129 Å². The first-order chi connectivity index (χ1) is 10.2. The Hall–Kier alpha value is -1.13. The summed E-state index contributed by atoms with van der Waals surface area (Å²) < 4.78 is 0. The van der Waals surface area contributed by atoms with Crippen LogP contribution in [0.15, 0.2) is 12.3 Å². The number of likely N-dealkylation sites (tertiary alicyclic amines) is 1. The summed E-state index contributed by atoms with van der Waals surface area (Å²) >= 11 is 0. The number of aryl methyl sites for hydroxylation is 1. The SMILES string of the molecule is CCNCc1cnc(C)cc1N(C)C1CCN(CC)CC1. The number of hydrogen-bond donors (Lipinski definition) is 1. The van der Waals surface area contributed by atoms with E-state index in [9.17, 15) is 0 Å². The van der Waals surface area contributed by atoms with Crippen molar-refractivity contribution in [3.63, 3.8) is 0 Å². The Morgan fingerprint density at radius 3 is 2.67 bits per heavy atom. The van der Waals surface area contributed by atoms with Crippen molar-refractivity contribution >= 4 is 5.69 Å². The lowest BCUT2D eigenvalue weighted by Crippen LogP contribution is -2.43. The third kappa shape index (κ3) is 4.17. The molecule has 0 spiro atoms. The van der Waals surface area contributed by atoms with E-state index in [1.54, 1.807) is 0 Å². The van der Waals surface area contributed by atoms with Gasteiger partial charge in [0.2, 0.25) is 0 Å². The van der Waals surface area contributed by atoms with Gasteiger partial charge in [-0.05, 0) is 38.9 Å². The summed E-state index contributed by atoms with van der Waals surface area (Å²) in [4.78, 5) is 9.49. The third-order valence-corrected chi connectivity index (χ3v) is 4.60. The predicted molar refractivity (Wildman–Crippen MR) is 89.9 cm³/mol. The second-order valence-corrected chi connectivity index (χ2v) is 6.01. The minimum Gasteiger partial charge on any atom is -0.371 e. The molecule has 0 amide bonds. The van der Waals surface area contributed by atoms with Crippen molar-refractivity contribution in [2.45, 2.75) is 46.2 Å². The number of hydrogen-bond acceptors (Lipinski definition) is 4. The topological polar surface area (TPSA) is 31.4 Å². The molecule has 1 aliphatic rings.